The number of anilines is 1. The van der Waals surface area contributed by atoms with Crippen LogP contribution >= 0.6 is 0 Å². The molecule has 0 fully saturated rings. The zero-order valence-electron chi connectivity index (χ0n) is 16.5. The zero-order chi connectivity index (χ0) is 19.6. The zero-order valence-corrected chi connectivity index (χ0v) is 16.5. The number of ether oxygens (including phenoxy) is 2. The second kappa shape index (κ2) is 7.61. The molecule has 144 valence electrons. The van der Waals surface area contributed by atoms with Crippen molar-refractivity contribution in [2.75, 3.05) is 11.9 Å². The molecular weight excluding hydrogens is 340 g/mol. The molecule has 0 aromatic heterocycles. The van der Waals surface area contributed by atoms with E-state index in [1.54, 1.807) is 0 Å². The van der Waals surface area contributed by atoms with Gasteiger partial charge in [-0.25, -0.2) is 0 Å². The van der Waals surface area contributed by atoms with Gasteiger partial charge in [-0.1, -0.05) is 19.9 Å². The molecule has 1 heterocycles. The minimum Gasteiger partial charge on any atom is -0.492 e. The van der Waals surface area contributed by atoms with Crippen molar-refractivity contribution < 1.29 is 14.3 Å². The lowest BCUT2D eigenvalue weighted by atomic mass is 9.93. The highest BCUT2D eigenvalue weighted by atomic mass is 16.5. The summed E-state index contributed by atoms with van der Waals surface area (Å²) < 4.78 is 11.8. The standard InChI is InChI=1S/C22H28N2O3/c1-14(2)11-22(4,23)13-27-18-7-8-19-20-9-17(24-15(3)25)6-5-16(20)12-26-21(19)10-18/h5-10,14H,11-13,23H2,1-4H3,(H,24,25)/t22-/m0/s1. The first-order valence-corrected chi connectivity index (χ1v) is 9.33. The van der Waals surface area contributed by atoms with Gasteiger partial charge in [0.15, 0.2) is 0 Å². The highest BCUT2D eigenvalue weighted by Crippen LogP contribution is 2.40. The summed E-state index contributed by atoms with van der Waals surface area (Å²) in [5, 5.41) is 2.83. The van der Waals surface area contributed by atoms with Gasteiger partial charge in [0.25, 0.3) is 0 Å². The van der Waals surface area contributed by atoms with Gasteiger partial charge in [0, 0.05) is 29.8 Å². The van der Waals surface area contributed by atoms with Crippen LogP contribution in [0.4, 0.5) is 5.69 Å². The second-order valence-electron chi connectivity index (χ2n) is 8.04. The van der Waals surface area contributed by atoms with E-state index in [0.29, 0.717) is 19.1 Å². The number of nitrogens with one attached hydrogen (secondary N) is 1. The minimum absolute atomic E-state index is 0.0859. The van der Waals surface area contributed by atoms with Crippen LogP contribution in [-0.2, 0) is 11.4 Å². The van der Waals surface area contributed by atoms with E-state index in [-0.39, 0.29) is 11.4 Å². The number of hydrogen-bond donors (Lipinski definition) is 2. The first kappa shape index (κ1) is 19.2. The van der Waals surface area contributed by atoms with E-state index >= 15 is 0 Å². The summed E-state index contributed by atoms with van der Waals surface area (Å²) in [4.78, 5) is 11.3. The van der Waals surface area contributed by atoms with Gasteiger partial charge in [0.05, 0.1) is 0 Å². The molecule has 5 heteroatoms. The van der Waals surface area contributed by atoms with Crippen LogP contribution in [0.15, 0.2) is 36.4 Å². The third-order valence-electron chi connectivity index (χ3n) is 4.50. The van der Waals surface area contributed by atoms with E-state index in [2.05, 4.69) is 19.2 Å². The Balaban J connectivity index is 1.80. The molecule has 3 N–H and O–H groups in total. The number of carbonyl (C=O) groups is 1. The summed E-state index contributed by atoms with van der Waals surface area (Å²) in [7, 11) is 0. The Labute approximate surface area is 160 Å². The van der Waals surface area contributed by atoms with Crippen molar-refractivity contribution in [1.82, 2.24) is 0 Å². The number of benzene rings is 2. The average molecular weight is 368 g/mol. The van der Waals surface area contributed by atoms with Gasteiger partial charge in [-0.15, -0.1) is 0 Å². The topological polar surface area (TPSA) is 73.6 Å². The fourth-order valence-corrected chi connectivity index (χ4v) is 3.56. The lowest BCUT2D eigenvalue weighted by molar-refractivity contribution is -0.114. The maximum atomic E-state index is 11.3. The molecule has 0 spiro atoms. The van der Waals surface area contributed by atoms with E-state index in [4.69, 9.17) is 15.2 Å². The van der Waals surface area contributed by atoms with Crippen molar-refractivity contribution in [2.24, 2.45) is 11.7 Å². The van der Waals surface area contributed by atoms with Gasteiger partial charge in [-0.3, -0.25) is 4.79 Å². The van der Waals surface area contributed by atoms with Gasteiger partial charge in [-0.2, -0.15) is 0 Å². The lowest BCUT2D eigenvalue weighted by Crippen LogP contribution is -2.43. The lowest BCUT2D eigenvalue weighted by Gasteiger charge is -2.27. The number of nitrogens with two attached hydrogens (primary N) is 1. The van der Waals surface area contributed by atoms with Crippen molar-refractivity contribution in [3.8, 4) is 22.6 Å². The van der Waals surface area contributed by atoms with Crippen molar-refractivity contribution in [2.45, 2.75) is 46.3 Å². The predicted molar refractivity (Wildman–Crippen MR) is 108 cm³/mol. The summed E-state index contributed by atoms with van der Waals surface area (Å²) in [6.07, 6.45) is 0.897. The largest absolute Gasteiger partial charge is 0.492 e. The molecule has 2 aromatic rings. The van der Waals surface area contributed by atoms with Crippen LogP contribution in [0.5, 0.6) is 11.5 Å². The maximum Gasteiger partial charge on any atom is 0.221 e. The molecule has 3 rings (SSSR count). The Morgan fingerprint density at radius 1 is 1.26 bits per heavy atom. The second-order valence-corrected chi connectivity index (χ2v) is 8.04. The smallest absolute Gasteiger partial charge is 0.221 e. The van der Waals surface area contributed by atoms with Gasteiger partial charge in [-0.05, 0) is 54.7 Å². The van der Waals surface area contributed by atoms with Crippen molar-refractivity contribution in [3.05, 3.63) is 42.0 Å². The molecule has 1 aliphatic rings. The number of amides is 1. The number of carbonyl (C=O) groups excluding carboxylic acids is 1. The Morgan fingerprint density at radius 2 is 2.04 bits per heavy atom. The summed E-state index contributed by atoms with van der Waals surface area (Å²) in [6, 6.07) is 11.7. The van der Waals surface area contributed by atoms with E-state index < -0.39 is 0 Å². The third-order valence-corrected chi connectivity index (χ3v) is 4.50. The third kappa shape index (κ3) is 4.80. The molecule has 2 aromatic carbocycles. The van der Waals surface area contributed by atoms with Crippen LogP contribution in [0.25, 0.3) is 11.1 Å². The summed E-state index contributed by atoms with van der Waals surface area (Å²) in [5.74, 6) is 1.96. The van der Waals surface area contributed by atoms with Crippen LogP contribution in [0, 0.1) is 5.92 Å². The Kier molecular flexibility index (Phi) is 5.42. The molecule has 0 saturated carbocycles. The van der Waals surface area contributed by atoms with Gasteiger partial charge in [0.2, 0.25) is 5.91 Å². The molecule has 0 bridgehead atoms. The Morgan fingerprint density at radius 3 is 2.74 bits per heavy atom. The summed E-state index contributed by atoms with van der Waals surface area (Å²) in [6.45, 7) is 8.78. The van der Waals surface area contributed by atoms with Crippen LogP contribution < -0.4 is 20.5 Å². The molecule has 1 amide bonds. The van der Waals surface area contributed by atoms with Gasteiger partial charge < -0.3 is 20.5 Å². The van der Waals surface area contributed by atoms with Crippen LogP contribution in [0.3, 0.4) is 0 Å². The highest BCUT2D eigenvalue weighted by molar-refractivity contribution is 5.90. The SMILES string of the molecule is CC(=O)Nc1ccc2c(c1)-c1ccc(OC[C@@](C)(N)CC(C)C)cc1OC2. The normalized spacial score (nSPS) is 14.6. The van der Waals surface area contributed by atoms with Crippen LogP contribution in [-0.4, -0.2) is 18.1 Å². The first-order chi connectivity index (χ1) is 12.7. The molecule has 0 radical (unpaired) electrons. The molecule has 1 atom stereocenters. The molecule has 5 nitrogen and oxygen atoms in total. The monoisotopic (exact) mass is 368 g/mol. The number of hydrogen-bond acceptors (Lipinski definition) is 4. The fourth-order valence-electron chi connectivity index (χ4n) is 3.56. The predicted octanol–water partition coefficient (Wildman–Crippen LogP) is 4.35. The Hall–Kier alpha value is -2.53. The number of fused-ring (bicyclic) bond motifs is 3. The van der Waals surface area contributed by atoms with Crippen LogP contribution in [0.2, 0.25) is 0 Å². The quantitative estimate of drug-likeness (QED) is 0.795. The Bertz CT molecular complexity index is 843. The first-order valence-electron chi connectivity index (χ1n) is 9.33. The highest BCUT2D eigenvalue weighted by Gasteiger charge is 2.22. The minimum atomic E-state index is -0.370. The molecular formula is C22H28N2O3. The van der Waals surface area contributed by atoms with E-state index in [0.717, 1.165) is 40.3 Å². The molecule has 1 aliphatic heterocycles. The molecule has 0 saturated heterocycles. The van der Waals surface area contributed by atoms with Gasteiger partial charge >= 0.3 is 0 Å². The maximum absolute atomic E-state index is 11.3. The molecule has 27 heavy (non-hydrogen) atoms. The fraction of sp³-hybridized carbons (Fsp3) is 0.409. The van der Waals surface area contributed by atoms with E-state index in [1.807, 2.05) is 43.3 Å². The van der Waals surface area contributed by atoms with Crippen molar-refractivity contribution >= 4 is 11.6 Å². The summed E-state index contributed by atoms with van der Waals surface area (Å²) >= 11 is 0. The number of rotatable bonds is 6. The van der Waals surface area contributed by atoms with Crippen molar-refractivity contribution in [1.29, 1.82) is 0 Å². The van der Waals surface area contributed by atoms with E-state index in [1.165, 1.54) is 6.92 Å². The molecule has 0 unspecified atom stereocenters. The average Bonchev–Trinajstić information content (AvgIpc) is 2.58. The van der Waals surface area contributed by atoms with Gasteiger partial charge in [0.1, 0.15) is 24.7 Å². The van der Waals surface area contributed by atoms with Crippen molar-refractivity contribution in [3.63, 3.8) is 0 Å². The van der Waals surface area contributed by atoms with Crippen LogP contribution in [0.1, 0.15) is 39.7 Å². The van der Waals surface area contributed by atoms with E-state index in [9.17, 15) is 4.79 Å². The molecule has 0 aliphatic carbocycles. The summed E-state index contributed by atoms with van der Waals surface area (Å²) in [5.41, 5.74) is 9.90.